The molecule has 0 aliphatic carbocycles. The van der Waals surface area contributed by atoms with Crippen molar-refractivity contribution in [2.75, 3.05) is 0 Å². The molecule has 0 saturated heterocycles. The summed E-state index contributed by atoms with van der Waals surface area (Å²) in [6.45, 7) is 2.96. The highest BCUT2D eigenvalue weighted by Crippen LogP contribution is 2.05. The summed E-state index contributed by atoms with van der Waals surface area (Å²) in [5.74, 6) is 2.02. The van der Waals surface area contributed by atoms with Gasteiger partial charge in [0.15, 0.2) is 0 Å². The Morgan fingerprint density at radius 1 is 1.56 bits per heavy atom. The number of aromatic nitrogens is 2. The number of hydrogen-bond acceptors (Lipinski definition) is 3. The molecule has 0 spiro atoms. The predicted molar refractivity (Wildman–Crippen MR) is 61.9 cm³/mol. The lowest BCUT2D eigenvalue weighted by Crippen LogP contribution is -2.26. The number of imidazole rings is 1. The smallest absolute Gasteiger partial charge is 0.120 e. The second kappa shape index (κ2) is 5.51. The van der Waals surface area contributed by atoms with Gasteiger partial charge in [0.1, 0.15) is 11.6 Å². The number of nitrogens with one attached hydrogen (secondary N) is 2. The zero-order chi connectivity index (χ0) is 11.2. The third-order valence-corrected chi connectivity index (χ3v) is 2.58. The van der Waals surface area contributed by atoms with Gasteiger partial charge >= 0.3 is 0 Å². The van der Waals surface area contributed by atoms with Crippen molar-refractivity contribution in [3.05, 3.63) is 42.4 Å². The van der Waals surface area contributed by atoms with E-state index in [0.717, 1.165) is 31.0 Å². The third kappa shape index (κ3) is 3.24. The maximum atomic E-state index is 5.29. The fourth-order valence-electron chi connectivity index (χ4n) is 1.58. The van der Waals surface area contributed by atoms with Crippen LogP contribution in [0.3, 0.4) is 0 Å². The van der Waals surface area contributed by atoms with Crippen LogP contribution in [0.1, 0.15) is 24.9 Å². The van der Waals surface area contributed by atoms with Gasteiger partial charge in [0.2, 0.25) is 0 Å². The van der Waals surface area contributed by atoms with Crippen LogP contribution in [-0.4, -0.2) is 16.0 Å². The summed E-state index contributed by atoms with van der Waals surface area (Å²) in [7, 11) is 0. The molecule has 4 heteroatoms. The minimum atomic E-state index is 0.454. The summed E-state index contributed by atoms with van der Waals surface area (Å²) >= 11 is 0. The third-order valence-electron chi connectivity index (χ3n) is 2.58. The van der Waals surface area contributed by atoms with E-state index >= 15 is 0 Å². The van der Waals surface area contributed by atoms with E-state index in [1.54, 1.807) is 12.5 Å². The fraction of sp³-hybridized carbons (Fsp3) is 0.417. The molecular formula is C12H17N3O. The summed E-state index contributed by atoms with van der Waals surface area (Å²) in [5.41, 5.74) is 0. The molecule has 86 valence electrons. The molecule has 16 heavy (non-hydrogen) atoms. The van der Waals surface area contributed by atoms with Gasteiger partial charge in [-0.2, -0.15) is 0 Å². The van der Waals surface area contributed by atoms with Crippen LogP contribution in [0.2, 0.25) is 0 Å². The maximum Gasteiger partial charge on any atom is 0.120 e. The fourth-order valence-corrected chi connectivity index (χ4v) is 1.58. The first-order valence-corrected chi connectivity index (χ1v) is 5.58. The van der Waals surface area contributed by atoms with Gasteiger partial charge in [-0.3, -0.25) is 0 Å². The van der Waals surface area contributed by atoms with Gasteiger partial charge in [0.05, 0.1) is 12.8 Å². The Morgan fingerprint density at radius 2 is 2.50 bits per heavy atom. The highest BCUT2D eigenvalue weighted by atomic mass is 16.3. The van der Waals surface area contributed by atoms with E-state index in [1.807, 2.05) is 18.3 Å². The van der Waals surface area contributed by atoms with E-state index in [-0.39, 0.29) is 0 Å². The average molecular weight is 219 g/mol. The highest BCUT2D eigenvalue weighted by molar-refractivity contribution is 4.98. The molecule has 0 radical (unpaired) electrons. The Hall–Kier alpha value is -1.55. The molecule has 0 saturated carbocycles. The minimum Gasteiger partial charge on any atom is -0.469 e. The number of aryl methyl sites for hydroxylation is 1. The average Bonchev–Trinajstić information content (AvgIpc) is 2.96. The zero-order valence-electron chi connectivity index (χ0n) is 9.44. The summed E-state index contributed by atoms with van der Waals surface area (Å²) in [5, 5.41) is 3.41. The van der Waals surface area contributed by atoms with Gasteiger partial charge in [-0.15, -0.1) is 0 Å². The van der Waals surface area contributed by atoms with E-state index in [0.29, 0.717) is 6.04 Å². The Morgan fingerprint density at radius 3 is 3.19 bits per heavy atom. The molecule has 1 unspecified atom stereocenters. The van der Waals surface area contributed by atoms with Crippen molar-refractivity contribution in [3.8, 4) is 0 Å². The molecule has 0 aliphatic rings. The second-order valence-electron chi connectivity index (χ2n) is 3.94. The van der Waals surface area contributed by atoms with Crippen LogP contribution in [0.15, 0.2) is 35.2 Å². The van der Waals surface area contributed by atoms with Gasteiger partial charge in [-0.1, -0.05) is 0 Å². The van der Waals surface area contributed by atoms with Crippen molar-refractivity contribution in [1.82, 2.24) is 15.3 Å². The van der Waals surface area contributed by atoms with Crippen LogP contribution in [0.5, 0.6) is 0 Å². The Labute approximate surface area is 95.1 Å². The standard InChI is InChI=1S/C12H17N3O/c1-10(4-5-11-3-2-8-16-11)15-9-12-13-6-7-14-12/h2-3,6-8,10,15H,4-5,9H2,1H3,(H,13,14). The molecule has 4 nitrogen and oxygen atoms in total. The SMILES string of the molecule is CC(CCc1ccco1)NCc1ncc[nH]1. The Bertz CT molecular complexity index is 342. The topological polar surface area (TPSA) is 53.9 Å². The number of nitrogens with zero attached hydrogens (tertiary/aromatic N) is 1. The van der Waals surface area contributed by atoms with E-state index in [2.05, 4.69) is 22.2 Å². The summed E-state index contributed by atoms with van der Waals surface area (Å²) in [6, 6.07) is 4.39. The molecule has 2 N–H and O–H groups in total. The molecule has 0 fully saturated rings. The molecule has 0 bridgehead atoms. The molecule has 2 aromatic heterocycles. The van der Waals surface area contributed by atoms with Crippen molar-refractivity contribution >= 4 is 0 Å². The highest BCUT2D eigenvalue weighted by Gasteiger charge is 2.04. The molecule has 2 aromatic rings. The van der Waals surface area contributed by atoms with Crippen LogP contribution in [0.4, 0.5) is 0 Å². The zero-order valence-corrected chi connectivity index (χ0v) is 9.44. The first kappa shape index (κ1) is 11.0. The van der Waals surface area contributed by atoms with Crippen LogP contribution in [0.25, 0.3) is 0 Å². The van der Waals surface area contributed by atoms with E-state index < -0.39 is 0 Å². The van der Waals surface area contributed by atoms with E-state index in [9.17, 15) is 0 Å². The minimum absolute atomic E-state index is 0.454. The van der Waals surface area contributed by atoms with Gasteiger partial charge in [-0.05, 0) is 25.5 Å². The van der Waals surface area contributed by atoms with Crippen LogP contribution >= 0.6 is 0 Å². The Balaban J connectivity index is 1.66. The maximum absolute atomic E-state index is 5.29. The lowest BCUT2D eigenvalue weighted by Gasteiger charge is -2.11. The van der Waals surface area contributed by atoms with Crippen LogP contribution in [-0.2, 0) is 13.0 Å². The predicted octanol–water partition coefficient (Wildman–Crippen LogP) is 2.11. The van der Waals surface area contributed by atoms with Gasteiger partial charge < -0.3 is 14.7 Å². The van der Waals surface area contributed by atoms with Crippen LogP contribution in [0, 0.1) is 0 Å². The lowest BCUT2D eigenvalue weighted by molar-refractivity contribution is 0.457. The number of hydrogen-bond donors (Lipinski definition) is 2. The normalized spacial score (nSPS) is 12.8. The lowest BCUT2D eigenvalue weighted by atomic mass is 10.1. The number of aromatic amines is 1. The van der Waals surface area contributed by atoms with Crippen molar-refractivity contribution < 1.29 is 4.42 Å². The number of H-pyrrole nitrogens is 1. The Kier molecular flexibility index (Phi) is 3.77. The first-order chi connectivity index (χ1) is 7.84. The monoisotopic (exact) mass is 219 g/mol. The molecule has 0 amide bonds. The second-order valence-corrected chi connectivity index (χ2v) is 3.94. The number of furan rings is 1. The van der Waals surface area contributed by atoms with Gasteiger partial charge in [0, 0.05) is 24.9 Å². The van der Waals surface area contributed by atoms with Crippen LogP contribution < -0.4 is 5.32 Å². The van der Waals surface area contributed by atoms with Gasteiger partial charge in [0.25, 0.3) is 0 Å². The molecular weight excluding hydrogens is 202 g/mol. The van der Waals surface area contributed by atoms with Gasteiger partial charge in [-0.25, -0.2) is 4.98 Å². The number of rotatable bonds is 6. The van der Waals surface area contributed by atoms with E-state index in [1.165, 1.54) is 0 Å². The van der Waals surface area contributed by atoms with Crippen molar-refractivity contribution in [2.45, 2.75) is 32.4 Å². The van der Waals surface area contributed by atoms with Crippen molar-refractivity contribution in [2.24, 2.45) is 0 Å². The van der Waals surface area contributed by atoms with Crippen molar-refractivity contribution in [1.29, 1.82) is 0 Å². The molecule has 0 aliphatic heterocycles. The molecule has 2 heterocycles. The molecule has 0 aromatic carbocycles. The van der Waals surface area contributed by atoms with Crippen molar-refractivity contribution in [3.63, 3.8) is 0 Å². The molecule has 1 atom stereocenters. The summed E-state index contributed by atoms with van der Waals surface area (Å²) < 4.78 is 5.29. The summed E-state index contributed by atoms with van der Waals surface area (Å²) in [6.07, 6.45) is 7.36. The first-order valence-electron chi connectivity index (χ1n) is 5.58. The molecule has 2 rings (SSSR count). The largest absolute Gasteiger partial charge is 0.469 e. The van der Waals surface area contributed by atoms with E-state index in [4.69, 9.17) is 4.42 Å². The quantitative estimate of drug-likeness (QED) is 0.782. The summed E-state index contributed by atoms with van der Waals surface area (Å²) in [4.78, 5) is 7.23.